The standard InChI is InChI=1S/C17H21N3O/c1-3-16(14-9-11-18-12-10-14)20(2)13-17(21)19-15-7-5-4-6-8-15/h4-12,16H,3,13H2,1-2H3,(H,19,21). The van der Waals surface area contributed by atoms with Gasteiger partial charge >= 0.3 is 0 Å². The molecule has 0 fully saturated rings. The zero-order valence-corrected chi connectivity index (χ0v) is 12.5. The lowest BCUT2D eigenvalue weighted by atomic mass is 10.0. The van der Waals surface area contributed by atoms with Crippen molar-refractivity contribution in [2.24, 2.45) is 0 Å². The lowest BCUT2D eigenvalue weighted by molar-refractivity contribution is -0.117. The fourth-order valence-electron chi connectivity index (χ4n) is 2.45. The minimum absolute atomic E-state index is 0.00351. The van der Waals surface area contributed by atoms with E-state index < -0.39 is 0 Å². The molecule has 0 aliphatic carbocycles. The number of pyridine rings is 1. The van der Waals surface area contributed by atoms with Crippen LogP contribution in [0.1, 0.15) is 24.9 Å². The van der Waals surface area contributed by atoms with Gasteiger partial charge in [0, 0.05) is 24.1 Å². The summed E-state index contributed by atoms with van der Waals surface area (Å²) in [6.07, 6.45) is 4.52. The van der Waals surface area contributed by atoms with Gasteiger partial charge in [-0.05, 0) is 43.3 Å². The smallest absolute Gasteiger partial charge is 0.238 e. The van der Waals surface area contributed by atoms with E-state index in [1.807, 2.05) is 49.5 Å². The monoisotopic (exact) mass is 283 g/mol. The Bertz CT molecular complexity index is 557. The molecule has 1 atom stereocenters. The van der Waals surface area contributed by atoms with Gasteiger partial charge in [-0.25, -0.2) is 0 Å². The number of likely N-dealkylation sites (N-methyl/N-ethyl adjacent to an activating group) is 1. The van der Waals surface area contributed by atoms with Gasteiger partial charge < -0.3 is 5.32 Å². The highest BCUT2D eigenvalue weighted by Gasteiger charge is 2.17. The van der Waals surface area contributed by atoms with Gasteiger partial charge in [0.15, 0.2) is 0 Å². The van der Waals surface area contributed by atoms with Crippen molar-refractivity contribution in [3.05, 3.63) is 60.4 Å². The van der Waals surface area contributed by atoms with Crippen LogP contribution in [0.15, 0.2) is 54.9 Å². The summed E-state index contributed by atoms with van der Waals surface area (Å²) in [5.74, 6) is -0.00351. The van der Waals surface area contributed by atoms with Crippen LogP contribution in [0.5, 0.6) is 0 Å². The molecule has 0 radical (unpaired) electrons. The fourth-order valence-corrected chi connectivity index (χ4v) is 2.45. The molecule has 0 aliphatic rings. The van der Waals surface area contributed by atoms with Crippen LogP contribution in [-0.2, 0) is 4.79 Å². The molecule has 1 heterocycles. The van der Waals surface area contributed by atoms with Crippen molar-refractivity contribution in [2.45, 2.75) is 19.4 Å². The molecule has 4 nitrogen and oxygen atoms in total. The Morgan fingerprint density at radius 3 is 2.48 bits per heavy atom. The van der Waals surface area contributed by atoms with E-state index in [0.29, 0.717) is 6.54 Å². The predicted octanol–water partition coefficient (Wildman–Crippen LogP) is 3.10. The van der Waals surface area contributed by atoms with E-state index in [9.17, 15) is 4.79 Å². The second-order valence-corrected chi connectivity index (χ2v) is 5.03. The molecule has 0 saturated carbocycles. The van der Waals surface area contributed by atoms with Gasteiger partial charge in [0.2, 0.25) is 5.91 Å². The average Bonchev–Trinajstić information content (AvgIpc) is 2.50. The van der Waals surface area contributed by atoms with E-state index in [-0.39, 0.29) is 11.9 Å². The summed E-state index contributed by atoms with van der Waals surface area (Å²) in [7, 11) is 1.97. The molecule has 1 aromatic heterocycles. The van der Waals surface area contributed by atoms with Crippen molar-refractivity contribution in [2.75, 3.05) is 18.9 Å². The van der Waals surface area contributed by atoms with Crippen molar-refractivity contribution in [1.82, 2.24) is 9.88 Å². The number of amides is 1. The third-order valence-corrected chi connectivity index (χ3v) is 3.46. The summed E-state index contributed by atoms with van der Waals surface area (Å²) < 4.78 is 0. The Hall–Kier alpha value is -2.20. The first kappa shape index (κ1) is 15.2. The van der Waals surface area contributed by atoms with Crippen LogP contribution in [0.3, 0.4) is 0 Å². The summed E-state index contributed by atoms with van der Waals surface area (Å²) in [5.41, 5.74) is 2.01. The van der Waals surface area contributed by atoms with E-state index in [4.69, 9.17) is 0 Å². The molecular formula is C17H21N3O. The maximum absolute atomic E-state index is 12.1. The van der Waals surface area contributed by atoms with Gasteiger partial charge in [-0.3, -0.25) is 14.7 Å². The zero-order chi connectivity index (χ0) is 15.1. The topological polar surface area (TPSA) is 45.2 Å². The number of carbonyl (C=O) groups is 1. The molecule has 0 saturated heterocycles. The molecule has 4 heteroatoms. The SMILES string of the molecule is CCC(c1ccncc1)N(C)CC(=O)Nc1ccccc1. The third kappa shape index (κ3) is 4.39. The number of nitrogens with zero attached hydrogens (tertiary/aromatic N) is 2. The molecule has 2 rings (SSSR count). The Morgan fingerprint density at radius 1 is 1.19 bits per heavy atom. The van der Waals surface area contributed by atoms with Crippen LogP contribution in [0.25, 0.3) is 0 Å². The second-order valence-electron chi connectivity index (χ2n) is 5.03. The molecule has 1 amide bonds. The summed E-state index contributed by atoms with van der Waals surface area (Å²) in [6.45, 7) is 2.48. The van der Waals surface area contributed by atoms with Crippen LogP contribution < -0.4 is 5.32 Å². The molecule has 1 aromatic carbocycles. The predicted molar refractivity (Wildman–Crippen MR) is 85.0 cm³/mol. The first-order chi connectivity index (χ1) is 10.2. The van der Waals surface area contributed by atoms with Crippen molar-refractivity contribution in [3.63, 3.8) is 0 Å². The fraction of sp³-hybridized carbons (Fsp3) is 0.294. The minimum Gasteiger partial charge on any atom is -0.325 e. The van der Waals surface area contributed by atoms with Gasteiger partial charge in [-0.15, -0.1) is 0 Å². The van der Waals surface area contributed by atoms with Crippen LogP contribution in [-0.4, -0.2) is 29.4 Å². The van der Waals surface area contributed by atoms with Gasteiger partial charge in [-0.2, -0.15) is 0 Å². The number of hydrogen-bond donors (Lipinski definition) is 1. The van der Waals surface area contributed by atoms with Crippen molar-refractivity contribution in [1.29, 1.82) is 0 Å². The van der Waals surface area contributed by atoms with Crippen molar-refractivity contribution >= 4 is 11.6 Å². The maximum atomic E-state index is 12.1. The Kier molecular flexibility index (Phi) is 5.46. The summed E-state index contributed by atoms with van der Waals surface area (Å²) in [4.78, 5) is 18.2. The molecule has 1 N–H and O–H groups in total. The molecule has 2 aromatic rings. The Morgan fingerprint density at radius 2 is 1.86 bits per heavy atom. The number of rotatable bonds is 6. The van der Waals surface area contributed by atoms with Gasteiger partial charge in [-0.1, -0.05) is 25.1 Å². The van der Waals surface area contributed by atoms with Crippen LogP contribution >= 0.6 is 0 Å². The van der Waals surface area contributed by atoms with Crippen LogP contribution in [0.4, 0.5) is 5.69 Å². The zero-order valence-electron chi connectivity index (χ0n) is 12.5. The number of benzene rings is 1. The third-order valence-electron chi connectivity index (χ3n) is 3.46. The highest BCUT2D eigenvalue weighted by atomic mass is 16.2. The molecule has 0 aliphatic heterocycles. The molecular weight excluding hydrogens is 262 g/mol. The summed E-state index contributed by atoms with van der Waals surface area (Å²) in [5, 5.41) is 2.91. The van der Waals surface area contributed by atoms with E-state index in [2.05, 4.69) is 22.1 Å². The normalized spacial score (nSPS) is 12.1. The number of aromatic nitrogens is 1. The minimum atomic E-state index is -0.00351. The number of carbonyl (C=O) groups excluding carboxylic acids is 1. The summed E-state index contributed by atoms with van der Waals surface area (Å²) >= 11 is 0. The number of anilines is 1. The molecule has 110 valence electrons. The van der Waals surface area contributed by atoms with E-state index in [0.717, 1.165) is 12.1 Å². The van der Waals surface area contributed by atoms with Crippen molar-refractivity contribution in [3.8, 4) is 0 Å². The van der Waals surface area contributed by atoms with E-state index in [1.165, 1.54) is 5.56 Å². The first-order valence-corrected chi connectivity index (χ1v) is 7.15. The Balaban J connectivity index is 1.96. The summed E-state index contributed by atoms with van der Waals surface area (Å²) in [6, 6.07) is 13.7. The molecule has 0 bridgehead atoms. The van der Waals surface area contributed by atoms with E-state index >= 15 is 0 Å². The maximum Gasteiger partial charge on any atom is 0.238 e. The van der Waals surface area contributed by atoms with E-state index in [1.54, 1.807) is 12.4 Å². The second kappa shape index (κ2) is 7.55. The Labute approximate surface area is 125 Å². The number of hydrogen-bond acceptors (Lipinski definition) is 3. The average molecular weight is 283 g/mol. The number of nitrogens with one attached hydrogen (secondary N) is 1. The highest BCUT2D eigenvalue weighted by Crippen LogP contribution is 2.21. The quantitative estimate of drug-likeness (QED) is 0.886. The molecule has 1 unspecified atom stereocenters. The van der Waals surface area contributed by atoms with Gasteiger partial charge in [0.05, 0.1) is 6.54 Å². The lowest BCUT2D eigenvalue weighted by Crippen LogP contribution is -2.33. The lowest BCUT2D eigenvalue weighted by Gasteiger charge is -2.26. The van der Waals surface area contributed by atoms with Crippen LogP contribution in [0.2, 0.25) is 0 Å². The van der Waals surface area contributed by atoms with Gasteiger partial charge in [0.1, 0.15) is 0 Å². The highest BCUT2D eigenvalue weighted by molar-refractivity contribution is 5.92. The molecule has 21 heavy (non-hydrogen) atoms. The largest absolute Gasteiger partial charge is 0.325 e. The van der Waals surface area contributed by atoms with Crippen molar-refractivity contribution < 1.29 is 4.79 Å². The van der Waals surface area contributed by atoms with Gasteiger partial charge in [0.25, 0.3) is 0 Å². The first-order valence-electron chi connectivity index (χ1n) is 7.15. The molecule has 0 spiro atoms. The number of para-hydroxylation sites is 1. The van der Waals surface area contributed by atoms with Crippen LogP contribution in [0, 0.1) is 0 Å².